The highest BCUT2D eigenvalue weighted by atomic mass is 32.1. The van der Waals surface area contributed by atoms with Crippen LogP contribution in [0.25, 0.3) is 11.4 Å². The summed E-state index contributed by atoms with van der Waals surface area (Å²) in [4.78, 5) is 12.2. The number of rotatable bonds is 4. The third-order valence-electron chi connectivity index (χ3n) is 3.14. The van der Waals surface area contributed by atoms with Gasteiger partial charge in [0.1, 0.15) is 11.6 Å². The van der Waals surface area contributed by atoms with Crippen molar-refractivity contribution in [1.29, 1.82) is 0 Å². The largest absolute Gasteiger partial charge is 0.299 e. The summed E-state index contributed by atoms with van der Waals surface area (Å²) in [5.74, 6) is 0.394. The average Bonchev–Trinajstić information content (AvgIpc) is 3.07. The van der Waals surface area contributed by atoms with Crippen LogP contribution in [0.5, 0.6) is 0 Å². The molecule has 23 heavy (non-hydrogen) atoms. The molecule has 118 valence electrons. The molecule has 2 N–H and O–H groups in total. The van der Waals surface area contributed by atoms with Crippen molar-refractivity contribution in [3.63, 3.8) is 0 Å². The molecule has 0 saturated heterocycles. The molecule has 0 aliphatic heterocycles. The maximum absolute atomic E-state index is 12.2. The molecule has 0 unspecified atom stereocenters. The molecule has 0 aliphatic carbocycles. The summed E-state index contributed by atoms with van der Waals surface area (Å²) >= 11 is 6.55. The molecule has 2 heterocycles. The summed E-state index contributed by atoms with van der Waals surface area (Å²) in [6.07, 6.45) is 0. The zero-order valence-corrected chi connectivity index (χ0v) is 14.2. The smallest absolute Gasteiger partial charge is 0.246 e. The summed E-state index contributed by atoms with van der Waals surface area (Å²) < 4.78 is 2.05. The van der Waals surface area contributed by atoms with Gasteiger partial charge in [0.15, 0.2) is 10.6 Å². The standard InChI is InChI=1S/C14H14N6OS2/c1-8-3-5-10(6-4-8)12-17-19-14(22)20(12)7-11(21)15-13-18-16-9(2)23-13/h3-6H,7H2,1-2H3,(H,19,22)(H,15,18,21). The van der Waals surface area contributed by atoms with E-state index in [-0.39, 0.29) is 12.5 Å². The number of nitrogens with one attached hydrogen (secondary N) is 2. The van der Waals surface area contributed by atoms with Crippen LogP contribution >= 0.6 is 23.6 Å². The minimum atomic E-state index is -0.230. The van der Waals surface area contributed by atoms with Crippen molar-refractivity contribution in [3.05, 3.63) is 39.6 Å². The van der Waals surface area contributed by atoms with Gasteiger partial charge in [-0.2, -0.15) is 5.10 Å². The van der Waals surface area contributed by atoms with Crippen LogP contribution in [-0.2, 0) is 11.3 Å². The van der Waals surface area contributed by atoms with Crippen LogP contribution in [0.4, 0.5) is 5.13 Å². The van der Waals surface area contributed by atoms with Gasteiger partial charge in [0.2, 0.25) is 11.0 Å². The van der Waals surface area contributed by atoms with Crippen molar-refractivity contribution in [1.82, 2.24) is 25.0 Å². The normalized spacial score (nSPS) is 10.7. The van der Waals surface area contributed by atoms with Crippen LogP contribution in [0.15, 0.2) is 24.3 Å². The monoisotopic (exact) mass is 346 g/mol. The number of hydrogen-bond donors (Lipinski definition) is 2. The lowest BCUT2D eigenvalue weighted by atomic mass is 10.1. The highest BCUT2D eigenvalue weighted by Gasteiger charge is 2.13. The molecule has 7 nitrogen and oxygen atoms in total. The van der Waals surface area contributed by atoms with Gasteiger partial charge >= 0.3 is 0 Å². The van der Waals surface area contributed by atoms with E-state index in [9.17, 15) is 4.79 Å². The van der Waals surface area contributed by atoms with Gasteiger partial charge in [-0.1, -0.05) is 41.2 Å². The fourth-order valence-electron chi connectivity index (χ4n) is 2.04. The van der Waals surface area contributed by atoms with Crippen LogP contribution in [0.2, 0.25) is 0 Å². The predicted octanol–water partition coefficient (Wildman–Crippen LogP) is 2.71. The molecule has 1 amide bonds. The van der Waals surface area contributed by atoms with Crippen LogP contribution in [-0.4, -0.2) is 30.9 Å². The molecule has 3 aromatic rings. The van der Waals surface area contributed by atoms with E-state index in [0.717, 1.165) is 16.1 Å². The van der Waals surface area contributed by atoms with Crippen LogP contribution in [0, 0.1) is 18.6 Å². The maximum Gasteiger partial charge on any atom is 0.246 e. The van der Waals surface area contributed by atoms with Gasteiger partial charge in [-0.3, -0.25) is 19.8 Å². The first-order chi connectivity index (χ1) is 11.0. The highest BCUT2D eigenvalue weighted by Crippen LogP contribution is 2.18. The molecule has 0 saturated carbocycles. The van der Waals surface area contributed by atoms with Crippen LogP contribution in [0.3, 0.4) is 0 Å². The molecule has 0 atom stereocenters. The molecule has 2 aromatic heterocycles. The number of hydrogen-bond acceptors (Lipinski definition) is 6. The van der Waals surface area contributed by atoms with Crippen molar-refractivity contribution >= 4 is 34.6 Å². The average molecular weight is 346 g/mol. The second-order valence-corrected chi connectivity index (χ2v) is 6.55. The number of carbonyl (C=O) groups excluding carboxylic acids is 1. The third-order valence-corrected chi connectivity index (χ3v) is 4.21. The minimum absolute atomic E-state index is 0.0527. The van der Waals surface area contributed by atoms with Crippen molar-refractivity contribution in [3.8, 4) is 11.4 Å². The minimum Gasteiger partial charge on any atom is -0.299 e. The second-order valence-electron chi connectivity index (χ2n) is 4.98. The molecule has 1 aromatic carbocycles. The number of carbonyl (C=O) groups is 1. The predicted molar refractivity (Wildman–Crippen MR) is 90.9 cm³/mol. The molecule has 0 radical (unpaired) electrons. The number of aromatic nitrogens is 5. The fraction of sp³-hybridized carbons (Fsp3) is 0.214. The van der Waals surface area contributed by atoms with Crippen LogP contribution in [0.1, 0.15) is 10.6 Å². The third kappa shape index (κ3) is 3.51. The SMILES string of the molecule is Cc1ccc(-c2n[nH]c(=S)n2CC(=O)Nc2nnc(C)s2)cc1. The molecular formula is C14H14N6OS2. The lowest BCUT2D eigenvalue weighted by Crippen LogP contribution is -2.19. The number of nitrogens with zero attached hydrogens (tertiary/aromatic N) is 4. The lowest BCUT2D eigenvalue weighted by molar-refractivity contribution is -0.116. The van der Waals surface area contributed by atoms with Gasteiger partial charge in [0, 0.05) is 5.56 Å². The van der Waals surface area contributed by atoms with Crippen molar-refractivity contribution < 1.29 is 4.79 Å². The van der Waals surface area contributed by atoms with E-state index in [2.05, 4.69) is 25.7 Å². The molecule has 0 spiro atoms. The van der Waals surface area contributed by atoms with E-state index in [0.29, 0.717) is 15.7 Å². The number of H-pyrrole nitrogens is 1. The summed E-state index contributed by atoms with van der Waals surface area (Å²) in [5, 5.41) is 18.7. The summed E-state index contributed by atoms with van der Waals surface area (Å²) in [6.45, 7) is 3.89. The van der Waals surface area contributed by atoms with E-state index in [4.69, 9.17) is 12.2 Å². The van der Waals surface area contributed by atoms with Gasteiger partial charge < -0.3 is 0 Å². The Morgan fingerprint density at radius 2 is 2.04 bits per heavy atom. The Labute approximate surface area is 141 Å². The van der Waals surface area contributed by atoms with E-state index < -0.39 is 0 Å². The Balaban J connectivity index is 1.82. The Morgan fingerprint density at radius 1 is 1.30 bits per heavy atom. The number of benzene rings is 1. The van der Waals surface area contributed by atoms with Gasteiger partial charge in [-0.05, 0) is 26.1 Å². The highest BCUT2D eigenvalue weighted by molar-refractivity contribution is 7.71. The summed E-state index contributed by atoms with van der Waals surface area (Å²) in [5.41, 5.74) is 2.04. The molecule has 0 bridgehead atoms. The van der Waals surface area contributed by atoms with Gasteiger partial charge in [-0.15, -0.1) is 10.2 Å². The van der Waals surface area contributed by atoms with E-state index >= 15 is 0 Å². The zero-order valence-electron chi connectivity index (χ0n) is 12.5. The Bertz CT molecular complexity index is 893. The molecule has 0 fully saturated rings. The molecular weight excluding hydrogens is 332 g/mol. The zero-order chi connectivity index (χ0) is 16.4. The lowest BCUT2D eigenvalue weighted by Gasteiger charge is -2.06. The van der Waals surface area contributed by atoms with Crippen molar-refractivity contribution in [2.24, 2.45) is 0 Å². The molecule has 9 heteroatoms. The van der Waals surface area contributed by atoms with E-state index in [1.165, 1.54) is 11.3 Å². The van der Waals surface area contributed by atoms with Crippen LogP contribution < -0.4 is 5.32 Å². The van der Waals surface area contributed by atoms with Crippen molar-refractivity contribution in [2.45, 2.75) is 20.4 Å². The van der Waals surface area contributed by atoms with E-state index in [1.807, 2.05) is 38.1 Å². The van der Waals surface area contributed by atoms with Gasteiger partial charge in [0.05, 0.1) is 0 Å². The summed E-state index contributed by atoms with van der Waals surface area (Å²) in [7, 11) is 0. The maximum atomic E-state index is 12.2. The first-order valence-electron chi connectivity index (χ1n) is 6.85. The topological polar surface area (TPSA) is 88.5 Å². The quantitative estimate of drug-likeness (QED) is 0.709. The Hall–Kier alpha value is -2.39. The van der Waals surface area contributed by atoms with Gasteiger partial charge in [0.25, 0.3) is 0 Å². The van der Waals surface area contributed by atoms with Gasteiger partial charge in [-0.25, -0.2) is 0 Å². The fourth-order valence-corrected chi connectivity index (χ4v) is 2.84. The number of aromatic amines is 1. The first kappa shape index (κ1) is 15.5. The van der Waals surface area contributed by atoms with E-state index in [1.54, 1.807) is 4.57 Å². The molecule has 3 rings (SSSR count). The second kappa shape index (κ2) is 6.39. The van der Waals surface area contributed by atoms with Crippen molar-refractivity contribution in [2.75, 3.05) is 5.32 Å². The number of anilines is 1. The Morgan fingerprint density at radius 3 is 2.70 bits per heavy atom. The molecule has 0 aliphatic rings. The summed E-state index contributed by atoms with van der Waals surface area (Å²) in [6, 6.07) is 7.87. The first-order valence-corrected chi connectivity index (χ1v) is 8.07. The number of amides is 1. The Kier molecular flexibility index (Phi) is 4.30. The number of aryl methyl sites for hydroxylation is 2.